The van der Waals surface area contributed by atoms with Gasteiger partial charge in [0.15, 0.2) is 5.72 Å². The summed E-state index contributed by atoms with van der Waals surface area (Å²) in [5.41, 5.74) is -2.96. The van der Waals surface area contributed by atoms with Crippen molar-refractivity contribution in [3.8, 4) is 5.75 Å². The molecule has 8 heteroatoms. The summed E-state index contributed by atoms with van der Waals surface area (Å²) in [6, 6.07) is 6.08. The minimum Gasteiger partial charge on any atom is -0.497 e. The molecule has 1 heterocycles. The molecule has 0 saturated heterocycles. The molecule has 0 bridgehead atoms. The monoisotopic (exact) mass is 370 g/mol. The zero-order valence-electron chi connectivity index (χ0n) is 14.4. The van der Waals surface area contributed by atoms with Crippen LogP contribution in [0.15, 0.2) is 29.4 Å². The first-order valence-corrected chi connectivity index (χ1v) is 8.61. The van der Waals surface area contributed by atoms with Gasteiger partial charge in [-0.2, -0.15) is 23.3 Å². The SMILES string of the molecule is COc1cccc(C(=O)N2N=C(C(F)(F)F)C[C@@]2(O)C2CCCCC2)c1. The largest absolute Gasteiger partial charge is 0.497 e. The number of nitrogens with zero attached hydrogens (tertiary/aromatic N) is 2. The summed E-state index contributed by atoms with van der Waals surface area (Å²) in [5.74, 6) is -0.804. The molecule has 3 rings (SSSR count). The summed E-state index contributed by atoms with van der Waals surface area (Å²) in [4.78, 5) is 12.9. The standard InChI is InChI=1S/C18H21F3N2O3/c1-26-14-9-5-6-12(10-14)16(24)23-17(25,13-7-3-2-4-8-13)11-15(22-23)18(19,20)21/h5-6,9-10,13,25H,2-4,7-8,11H2,1H3/t17-/m1/s1. The molecule has 1 atom stereocenters. The fourth-order valence-electron chi connectivity index (χ4n) is 3.70. The van der Waals surface area contributed by atoms with Crippen LogP contribution in [0, 0.1) is 5.92 Å². The molecule has 0 unspecified atom stereocenters. The lowest BCUT2D eigenvalue weighted by atomic mass is 9.79. The van der Waals surface area contributed by atoms with Crippen LogP contribution in [-0.2, 0) is 0 Å². The van der Waals surface area contributed by atoms with Gasteiger partial charge in [0, 0.05) is 17.9 Å². The van der Waals surface area contributed by atoms with Gasteiger partial charge < -0.3 is 9.84 Å². The summed E-state index contributed by atoms with van der Waals surface area (Å²) in [6.07, 6.45) is -1.64. The number of carbonyl (C=O) groups excluding carboxylic acids is 1. The molecule has 1 N–H and O–H groups in total. The van der Waals surface area contributed by atoms with Gasteiger partial charge in [0.2, 0.25) is 0 Å². The fraction of sp³-hybridized carbons (Fsp3) is 0.556. The molecular formula is C18H21F3N2O3. The Morgan fingerprint density at radius 1 is 1.31 bits per heavy atom. The van der Waals surface area contributed by atoms with Crippen molar-refractivity contribution in [3.63, 3.8) is 0 Å². The highest BCUT2D eigenvalue weighted by atomic mass is 19.4. The minimum absolute atomic E-state index is 0.116. The lowest BCUT2D eigenvalue weighted by molar-refractivity contribution is -0.123. The van der Waals surface area contributed by atoms with Gasteiger partial charge in [-0.25, -0.2) is 0 Å². The molecule has 1 saturated carbocycles. The van der Waals surface area contributed by atoms with Crippen LogP contribution in [0.5, 0.6) is 5.75 Å². The summed E-state index contributed by atoms with van der Waals surface area (Å²) in [7, 11) is 1.43. The number of rotatable bonds is 3. The van der Waals surface area contributed by atoms with Crippen molar-refractivity contribution in [1.29, 1.82) is 0 Å². The average Bonchev–Trinajstić information content (AvgIpc) is 3.01. The second kappa shape index (κ2) is 6.90. The summed E-state index contributed by atoms with van der Waals surface area (Å²) < 4.78 is 44.8. The second-order valence-electron chi connectivity index (χ2n) is 6.78. The van der Waals surface area contributed by atoms with E-state index in [0.717, 1.165) is 19.3 Å². The van der Waals surface area contributed by atoms with E-state index in [1.54, 1.807) is 12.1 Å². The van der Waals surface area contributed by atoms with Crippen LogP contribution >= 0.6 is 0 Å². The maximum Gasteiger partial charge on any atom is 0.431 e. The van der Waals surface area contributed by atoms with E-state index < -0.39 is 35.9 Å². The lowest BCUT2D eigenvalue weighted by Crippen LogP contribution is -2.52. The van der Waals surface area contributed by atoms with E-state index in [0.29, 0.717) is 23.6 Å². The van der Waals surface area contributed by atoms with Gasteiger partial charge in [0.05, 0.1) is 7.11 Å². The van der Waals surface area contributed by atoms with Crippen LogP contribution < -0.4 is 4.74 Å². The number of hydrogen-bond donors (Lipinski definition) is 1. The molecule has 1 fully saturated rings. The molecule has 0 aromatic heterocycles. The number of hydrazone groups is 1. The van der Waals surface area contributed by atoms with Gasteiger partial charge in [-0.15, -0.1) is 0 Å². The van der Waals surface area contributed by atoms with Gasteiger partial charge in [-0.05, 0) is 31.0 Å². The smallest absolute Gasteiger partial charge is 0.431 e. The van der Waals surface area contributed by atoms with Crippen molar-refractivity contribution < 1.29 is 27.8 Å². The molecule has 1 aliphatic carbocycles. The molecule has 0 spiro atoms. The highest BCUT2D eigenvalue weighted by Gasteiger charge is 2.55. The summed E-state index contributed by atoms with van der Waals surface area (Å²) in [6.45, 7) is 0. The molecule has 0 radical (unpaired) electrons. The molecule has 1 amide bonds. The van der Waals surface area contributed by atoms with Crippen LogP contribution in [0.2, 0.25) is 0 Å². The third-order valence-corrected chi connectivity index (χ3v) is 5.11. The van der Waals surface area contributed by atoms with Crippen LogP contribution in [0.4, 0.5) is 13.2 Å². The quantitative estimate of drug-likeness (QED) is 0.882. The molecule has 5 nitrogen and oxygen atoms in total. The highest BCUT2D eigenvalue weighted by molar-refractivity contribution is 6.00. The Bertz CT molecular complexity index is 714. The number of halogens is 3. The fourth-order valence-corrected chi connectivity index (χ4v) is 3.70. The van der Waals surface area contributed by atoms with Crippen molar-refractivity contribution in [1.82, 2.24) is 5.01 Å². The zero-order valence-corrected chi connectivity index (χ0v) is 14.4. The van der Waals surface area contributed by atoms with E-state index >= 15 is 0 Å². The number of ether oxygens (including phenoxy) is 1. The maximum atomic E-state index is 13.2. The molecule has 2 aliphatic rings. The molecule has 142 valence electrons. The van der Waals surface area contributed by atoms with Gasteiger partial charge in [-0.3, -0.25) is 4.79 Å². The molecule has 1 aromatic rings. The normalized spacial score (nSPS) is 24.5. The van der Waals surface area contributed by atoms with Gasteiger partial charge in [-0.1, -0.05) is 25.3 Å². The van der Waals surface area contributed by atoms with Crippen LogP contribution in [0.25, 0.3) is 0 Å². The predicted molar refractivity (Wildman–Crippen MR) is 88.8 cm³/mol. The van der Waals surface area contributed by atoms with Crippen LogP contribution in [-0.4, -0.2) is 40.7 Å². The van der Waals surface area contributed by atoms with Gasteiger partial charge >= 0.3 is 6.18 Å². The van der Waals surface area contributed by atoms with Gasteiger partial charge in [0.25, 0.3) is 5.91 Å². The Morgan fingerprint density at radius 3 is 2.62 bits per heavy atom. The Kier molecular flexibility index (Phi) is 4.96. The van der Waals surface area contributed by atoms with E-state index in [1.165, 1.54) is 19.2 Å². The predicted octanol–water partition coefficient (Wildman–Crippen LogP) is 3.73. The number of alkyl halides is 3. The van der Waals surface area contributed by atoms with Crippen molar-refractivity contribution >= 4 is 11.6 Å². The van der Waals surface area contributed by atoms with E-state index in [4.69, 9.17) is 4.74 Å². The Balaban J connectivity index is 1.97. The zero-order chi connectivity index (χ0) is 18.9. The third kappa shape index (κ3) is 3.42. The first-order valence-electron chi connectivity index (χ1n) is 8.61. The van der Waals surface area contributed by atoms with Crippen LogP contribution in [0.3, 0.4) is 0 Å². The number of aliphatic hydroxyl groups is 1. The Hall–Kier alpha value is -2.09. The topological polar surface area (TPSA) is 62.1 Å². The van der Waals surface area contributed by atoms with Gasteiger partial charge in [0.1, 0.15) is 11.5 Å². The Labute approximate surface area is 149 Å². The minimum atomic E-state index is -4.69. The third-order valence-electron chi connectivity index (χ3n) is 5.11. The molecule has 26 heavy (non-hydrogen) atoms. The van der Waals surface area contributed by atoms with E-state index in [2.05, 4.69) is 5.10 Å². The average molecular weight is 370 g/mol. The Morgan fingerprint density at radius 2 is 2.00 bits per heavy atom. The van der Waals surface area contributed by atoms with Crippen molar-refractivity contribution in [3.05, 3.63) is 29.8 Å². The number of carbonyl (C=O) groups is 1. The number of benzene rings is 1. The molecular weight excluding hydrogens is 349 g/mol. The number of amides is 1. The van der Waals surface area contributed by atoms with E-state index in [9.17, 15) is 23.1 Å². The van der Waals surface area contributed by atoms with Crippen molar-refractivity contribution in [2.24, 2.45) is 11.0 Å². The first-order chi connectivity index (χ1) is 12.3. The number of hydrogen-bond acceptors (Lipinski definition) is 4. The molecule has 1 aromatic carbocycles. The number of methoxy groups -OCH3 is 1. The lowest BCUT2D eigenvalue weighted by Gasteiger charge is -2.40. The second-order valence-corrected chi connectivity index (χ2v) is 6.78. The first kappa shape index (κ1) is 18.7. The van der Waals surface area contributed by atoms with Crippen molar-refractivity contribution in [2.75, 3.05) is 7.11 Å². The summed E-state index contributed by atoms with van der Waals surface area (Å²) in [5, 5.41) is 15.3. The molecule has 1 aliphatic heterocycles. The highest BCUT2D eigenvalue weighted by Crippen LogP contribution is 2.43. The maximum absolute atomic E-state index is 13.2. The van der Waals surface area contributed by atoms with Crippen LogP contribution in [0.1, 0.15) is 48.9 Å². The van der Waals surface area contributed by atoms with Crippen molar-refractivity contribution in [2.45, 2.75) is 50.4 Å². The van der Waals surface area contributed by atoms with E-state index in [1.807, 2.05) is 0 Å². The van der Waals surface area contributed by atoms with E-state index in [-0.39, 0.29) is 5.56 Å². The summed E-state index contributed by atoms with van der Waals surface area (Å²) >= 11 is 0.